The number of nitrogens with zero attached hydrogens (tertiary/aromatic N) is 1. The molecule has 0 unspecified atom stereocenters. The molecule has 0 aromatic carbocycles. The molecule has 0 atom stereocenters. The van der Waals surface area contributed by atoms with Crippen LogP contribution in [-0.4, -0.2) is 9.55 Å². The number of nitrogens with two attached hydrogens (primary N) is 1. The molecule has 0 aliphatic rings. The molecule has 7 heteroatoms. The fourth-order valence-corrected chi connectivity index (χ4v) is 2.26. The van der Waals surface area contributed by atoms with E-state index < -0.39 is 11.2 Å². The van der Waals surface area contributed by atoms with Crippen LogP contribution >= 0.6 is 22.9 Å². The Morgan fingerprint density at radius 1 is 1.44 bits per heavy atom. The number of thiophene rings is 1. The van der Waals surface area contributed by atoms with E-state index in [-0.39, 0.29) is 6.54 Å². The monoisotopic (exact) mass is 257 g/mol. The average molecular weight is 258 g/mol. The van der Waals surface area contributed by atoms with E-state index in [1.54, 1.807) is 12.1 Å². The van der Waals surface area contributed by atoms with Crippen LogP contribution in [0, 0.1) is 0 Å². The molecule has 2 rings (SSSR count). The Hall–Kier alpha value is -1.37. The summed E-state index contributed by atoms with van der Waals surface area (Å²) in [6, 6.07) is 3.38. The molecule has 3 N–H and O–H groups in total. The topological polar surface area (TPSA) is 80.9 Å². The molecule has 84 valence electrons. The summed E-state index contributed by atoms with van der Waals surface area (Å²) in [6.07, 6.45) is 1.43. The Morgan fingerprint density at radius 2 is 2.19 bits per heavy atom. The first-order valence-electron chi connectivity index (χ1n) is 4.42. The van der Waals surface area contributed by atoms with Gasteiger partial charge < -0.3 is 5.73 Å². The van der Waals surface area contributed by atoms with Gasteiger partial charge in [-0.2, -0.15) is 0 Å². The smallest absolute Gasteiger partial charge is 0.326 e. The van der Waals surface area contributed by atoms with Gasteiger partial charge in [-0.25, -0.2) is 4.79 Å². The summed E-state index contributed by atoms with van der Waals surface area (Å²) < 4.78 is 1.89. The maximum absolute atomic E-state index is 11.5. The Balaban J connectivity index is 2.66. The zero-order chi connectivity index (χ0) is 11.7. The lowest BCUT2D eigenvalue weighted by atomic mass is 10.3. The fourth-order valence-electron chi connectivity index (χ4n) is 1.25. The van der Waals surface area contributed by atoms with E-state index >= 15 is 0 Å². The summed E-state index contributed by atoms with van der Waals surface area (Å²) in [5, 5.41) is 0.640. The predicted molar refractivity (Wildman–Crippen MR) is 63.4 cm³/mol. The third-order valence-electron chi connectivity index (χ3n) is 2.03. The molecule has 0 aliphatic carbocycles. The molecule has 0 saturated carbocycles. The van der Waals surface area contributed by atoms with E-state index in [2.05, 4.69) is 4.98 Å². The lowest BCUT2D eigenvalue weighted by Gasteiger charge is -2.02. The van der Waals surface area contributed by atoms with Gasteiger partial charge in [0.25, 0.3) is 5.56 Å². The zero-order valence-electron chi connectivity index (χ0n) is 8.07. The zero-order valence-corrected chi connectivity index (χ0v) is 9.64. The molecule has 0 radical (unpaired) electrons. The second-order valence-electron chi connectivity index (χ2n) is 3.07. The van der Waals surface area contributed by atoms with Crippen LogP contribution in [0.3, 0.4) is 0 Å². The van der Waals surface area contributed by atoms with Gasteiger partial charge in [0.05, 0.1) is 4.34 Å². The normalized spacial score (nSPS) is 10.6. The minimum atomic E-state index is -0.499. The number of hydrogen-bond acceptors (Lipinski definition) is 4. The van der Waals surface area contributed by atoms with E-state index in [1.165, 1.54) is 22.1 Å². The maximum Gasteiger partial charge on any atom is 0.333 e. The molecule has 2 aromatic rings. The van der Waals surface area contributed by atoms with Gasteiger partial charge >= 0.3 is 5.69 Å². The van der Waals surface area contributed by atoms with Crippen molar-refractivity contribution in [1.82, 2.24) is 9.55 Å². The minimum Gasteiger partial charge on any atom is -0.326 e. The molecule has 5 nitrogen and oxygen atoms in total. The van der Waals surface area contributed by atoms with E-state index in [1.807, 2.05) is 0 Å². The van der Waals surface area contributed by atoms with Gasteiger partial charge in [0.1, 0.15) is 5.00 Å². The largest absolute Gasteiger partial charge is 0.333 e. The molecule has 0 amide bonds. The average Bonchev–Trinajstić information content (AvgIpc) is 2.65. The van der Waals surface area contributed by atoms with E-state index in [0.717, 1.165) is 0 Å². The highest BCUT2D eigenvalue weighted by atomic mass is 35.5. The third kappa shape index (κ3) is 1.95. The number of H-pyrrole nitrogens is 1. The molecular formula is C9H8ClN3O2S. The second-order valence-corrected chi connectivity index (χ2v) is 4.76. The van der Waals surface area contributed by atoms with Gasteiger partial charge in [-0.3, -0.25) is 14.3 Å². The van der Waals surface area contributed by atoms with Crippen molar-refractivity contribution in [2.45, 2.75) is 6.54 Å². The third-order valence-corrected chi connectivity index (χ3v) is 3.26. The molecule has 0 bridgehead atoms. The van der Waals surface area contributed by atoms with E-state index in [4.69, 9.17) is 17.3 Å². The van der Waals surface area contributed by atoms with Crippen molar-refractivity contribution in [1.29, 1.82) is 0 Å². The summed E-state index contributed by atoms with van der Waals surface area (Å²) in [7, 11) is 0. The summed E-state index contributed by atoms with van der Waals surface area (Å²) in [5.74, 6) is 0. The highest BCUT2D eigenvalue weighted by molar-refractivity contribution is 7.18. The van der Waals surface area contributed by atoms with Crippen LogP contribution in [0.5, 0.6) is 0 Å². The van der Waals surface area contributed by atoms with Gasteiger partial charge in [0.15, 0.2) is 0 Å². The first kappa shape index (κ1) is 11.1. The van der Waals surface area contributed by atoms with Crippen LogP contribution in [0.4, 0.5) is 0 Å². The number of aromatic nitrogens is 2. The molecule has 0 spiro atoms. The quantitative estimate of drug-likeness (QED) is 0.831. The second kappa shape index (κ2) is 4.25. The van der Waals surface area contributed by atoms with Crippen LogP contribution in [0.25, 0.3) is 5.00 Å². The van der Waals surface area contributed by atoms with Crippen molar-refractivity contribution in [2.75, 3.05) is 0 Å². The number of halogens is 1. The van der Waals surface area contributed by atoms with Gasteiger partial charge in [-0.1, -0.05) is 11.6 Å². The van der Waals surface area contributed by atoms with Crippen molar-refractivity contribution >= 4 is 22.9 Å². The van der Waals surface area contributed by atoms with E-state index in [9.17, 15) is 9.59 Å². The van der Waals surface area contributed by atoms with Crippen molar-refractivity contribution in [3.63, 3.8) is 0 Å². The van der Waals surface area contributed by atoms with Gasteiger partial charge in [0.2, 0.25) is 0 Å². The molecule has 2 heterocycles. The van der Waals surface area contributed by atoms with Crippen LogP contribution < -0.4 is 17.0 Å². The summed E-state index contributed by atoms with van der Waals surface area (Å²) in [6.45, 7) is 0.0781. The van der Waals surface area contributed by atoms with Crippen molar-refractivity contribution in [3.8, 4) is 5.00 Å². The highest BCUT2D eigenvalue weighted by Crippen LogP contribution is 2.23. The molecular weight excluding hydrogens is 250 g/mol. The van der Waals surface area contributed by atoms with Crippen LogP contribution in [0.1, 0.15) is 5.56 Å². The summed E-state index contributed by atoms with van der Waals surface area (Å²) in [4.78, 5) is 25.0. The van der Waals surface area contributed by atoms with Crippen molar-refractivity contribution < 1.29 is 0 Å². The molecule has 0 fully saturated rings. The van der Waals surface area contributed by atoms with Crippen molar-refractivity contribution in [3.05, 3.63) is 49.1 Å². The standard InChI is InChI=1S/C9H8ClN3O2S/c10-6-1-2-7(16-6)13-4-5(3-11)8(14)12-9(13)15/h1-2,4H,3,11H2,(H,12,14,15). The summed E-state index contributed by atoms with van der Waals surface area (Å²) in [5.41, 5.74) is 4.79. The predicted octanol–water partition coefficient (Wildman–Crippen LogP) is 0.699. The van der Waals surface area contributed by atoms with Crippen LogP contribution in [0.2, 0.25) is 4.34 Å². The first-order valence-corrected chi connectivity index (χ1v) is 5.62. The highest BCUT2D eigenvalue weighted by Gasteiger charge is 2.06. The Labute approximate surface area is 99.1 Å². The Bertz CT molecular complexity index is 628. The lowest BCUT2D eigenvalue weighted by Crippen LogP contribution is -2.31. The molecule has 2 aromatic heterocycles. The molecule has 0 aliphatic heterocycles. The molecule has 16 heavy (non-hydrogen) atoms. The van der Waals surface area contributed by atoms with Gasteiger partial charge in [-0.05, 0) is 12.1 Å². The number of nitrogens with one attached hydrogen (secondary N) is 1. The number of hydrogen-bond donors (Lipinski definition) is 2. The van der Waals surface area contributed by atoms with Crippen LogP contribution in [-0.2, 0) is 6.54 Å². The lowest BCUT2D eigenvalue weighted by molar-refractivity contribution is 0.862. The maximum atomic E-state index is 11.5. The van der Waals surface area contributed by atoms with Gasteiger partial charge in [-0.15, -0.1) is 11.3 Å². The SMILES string of the molecule is NCc1cn(-c2ccc(Cl)s2)c(=O)[nH]c1=O. The van der Waals surface area contributed by atoms with E-state index in [0.29, 0.717) is 14.9 Å². The first-order chi connectivity index (χ1) is 7.61. The number of rotatable bonds is 2. The Kier molecular flexibility index (Phi) is 2.95. The summed E-state index contributed by atoms with van der Waals surface area (Å²) >= 11 is 7.02. The Morgan fingerprint density at radius 3 is 2.75 bits per heavy atom. The molecule has 0 saturated heterocycles. The fraction of sp³-hybridized carbons (Fsp3) is 0.111. The minimum absolute atomic E-state index is 0.0781. The van der Waals surface area contributed by atoms with Crippen LogP contribution in [0.15, 0.2) is 27.9 Å². The van der Waals surface area contributed by atoms with Gasteiger partial charge in [0, 0.05) is 18.3 Å². The number of aromatic amines is 1. The van der Waals surface area contributed by atoms with Crippen molar-refractivity contribution in [2.24, 2.45) is 5.73 Å².